The molecule has 1 atom stereocenters. The van der Waals surface area contributed by atoms with Crippen molar-refractivity contribution in [1.82, 2.24) is 0 Å². The molecule has 0 amide bonds. The van der Waals surface area contributed by atoms with Crippen LogP contribution in [-0.4, -0.2) is 23.9 Å². The van der Waals surface area contributed by atoms with Crippen LogP contribution in [0.2, 0.25) is 5.02 Å². The van der Waals surface area contributed by atoms with Crippen LogP contribution in [0.4, 0.5) is 0 Å². The molecule has 0 aliphatic carbocycles. The Morgan fingerprint density at radius 3 is 2.54 bits per heavy atom. The van der Waals surface area contributed by atoms with Gasteiger partial charge in [0.1, 0.15) is 6.61 Å². The molecule has 0 aliphatic rings. The van der Waals surface area contributed by atoms with Gasteiger partial charge < -0.3 is 14.7 Å². The summed E-state index contributed by atoms with van der Waals surface area (Å²) in [6.07, 6.45) is -1.35. The summed E-state index contributed by atoms with van der Waals surface area (Å²) < 4.78 is 4.56. The second-order valence-corrected chi connectivity index (χ2v) is 5.52. The fraction of sp³-hybridized carbons (Fsp3) is 0.222. The normalized spacial score (nSPS) is 12.6. The molecule has 5 nitrogen and oxygen atoms in total. The molecule has 0 saturated heterocycles. The number of ether oxygens (including phenoxy) is 1. The maximum absolute atomic E-state index is 11.5. The van der Waals surface area contributed by atoms with Crippen molar-refractivity contribution < 1.29 is 19.5 Å². The van der Waals surface area contributed by atoms with Crippen LogP contribution < -0.4 is 0 Å². The molecule has 6 heteroatoms. The molecular weight excluding hydrogens is 330 g/mol. The number of halogens is 1. The van der Waals surface area contributed by atoms with Crippen LogP contribution >= 0.6 is 11.6 Å². The second-order valence-electron chi connectivity index (χ2n) is 5.08. The van der Waals surface area contributed by atoms with Crippen molar-refractivity contribution in [2.45, 2.75) is 19.6 Å². The molecule has 0 fully saturated rings. The number of aliphatic hydroxyl groups excluding tert-OH is 1. The molecule has 1 N–H and O–H groups in total. The van der Waals surface area contributed by atoms with Gasteiger partial charge in [0.05, 0.1) is 12.8 Å². The Morgan fingerprint density at radius 2 is 1.88 bits per heavy atom. The zero-order valence-corrected chi connectivity index (χ0v) is 14.2. The highest BCUT2D eigenvalue weighted by molar-refractivity contribution is 6.30. The van der Waals surface area contributed by atoms with Crippen molar-refractivity contribution in [3.8, 4) is 0 Å². The van der Waals surface area contributed by atoms with Crippen molar-refractivity contribution in [2.24, 2.45) is 5.16 Å². The predicted octanol–water partition coefficient (Wildman–Crippen LogP) is 3.49. The lowest BCUT2D eigenvalue weighted by atomic mass is 10.0. The first-order chi connectivity index (χ1) is 11.5. The summed E-state index contributed by atoms with van der Waals surface area (Å²) in [5, 5.41) is 14.7. The van der Waals surface area contributed by atoms with Crippen LogP contribution in [-0.2, 0) is 21.0 Å². The minimum absolute atomic E-state index is 0.120. The summed E-state index contributed by atoms with van der Waals surface area (Å²) >= 11 is 5.85. The van der Waals surface area contributed by atoms with Crippen molar-refractivity contribution in [3.05, 3.63) is 70.2 Å². The minimum Gasteiger partial charge on any atom is -0.467 e. The standard InChI is InChI=1S/C18H18ClNO4/c1-12(13-7-9-15(19)10-8-13)20-24-11-14-5-3-4-6-16(14)17(21)18(22)23-2/h3-10,17,21H,11H2,1-2H3/b20-12+. The number of hydrogen-bond donors (Lipinski definition) is 1. The number of carbonyl (C=O) groups excluding carboxylic acids is 1. The van der Waals surface area contributed by atoms with Crippen LogP contribution in [0.15, 0.2) is 53.7 Å². The van der Waals surface area contributed by atoms with Gasteiger partial charge in [-0.05, 0) is 35.7 Å². The van der Waals surface area contributed by atoms with E-state index in [9.17, 15) is 9.90 Å². The van der Waals surface area contributed by atoms with E-state index >= 15 is 0 Å². The number of methoxy groups -OCH3 is 1. The Hall–Kier alpha value is -2.37. The van der Waals surface area contributed by atoms with E-state index in [1.165, 1.54) is 7.11 Å². The molecule has 0 aromatic heterocycles. The average molecular weight is 348 g/mol. The van der Waals surface area contributed by atoms with Gasteiger partial charge >= 0.3 is 5.97 Å². The summed E-state index contributed by atoms with van der Waals surface area (Å²) in [5.41, 5.74) is 2.67. The number of nitrogens with zero attached hydrogens (tertiary/aromatic N) is 1. The van der Waals surface area contributed by atoms with E-state index < -0.39 is 12.1 Å². The van der Waals surface area contributed by atoms with E-state index in [1.54, 1.807) is 36.4 Å². The Kier molecular flexibility index (Phi) is 6.35. The summed E-state index contributed by atoms with van der Waals surface area (Å²) in [5.74, 6) is -0.719. The van der Waals surface area contributed by atoms with Crippen molar-refractivity contribution in [3.63, 3.8) is 0 Å². The molecule has 126 valence electrons. The number of benzene rings is 2. The lowest BCUT2D eigenvalue weighted by Crippen LogP contribution is -2.15. The predicted molar refractivity (Wildman–Crippen MR) is 91.9 cm³/mol. The van der Waals surface area contributed by atoms with Crippen molar-refractivity contribution in [2.75, 3.05) is 7.11 Å². The lowest BCUT2D eigenvalue weighted by molar-refractivity contribution is -0.150. The molecule has 1 unspecified atom stereocenters. The van der Waals surface area contributed by atoms with Crippen LogP contribution in [0.3, 0.4) is 0 Å². The maximum atomic E-state index is 11.5. The van der Waals surface area contributed by atoms with Crippen LogP contribution in [0.5, 0.6) is 0 Å². The molecule has 0 spiro atoms. The van der Waals surface area contributed by atoms with E-state index in [-0.39, 0.29) is 6.61 Å². The quantitative estimate of drug-likeness (QED) is 0.493. The maximum Gasteiger partial charge on any atom is 0.339 e. The molecule has 0 saturated carbocycles. The minimum atomic E-state index is -1.35. The van der Waals surface area contributed by atoms with Gasteiger partial charge in [0, 0.05) is 5.02 Å². The van der Waals surface area contributed by atoms with Gasteiger partial charge in [-0.15, -0.1) is 0 Å². The van der Waals surface area contributed by atoms with Gasteiger partial charge in [-0.2, -0.15) is 0 Å². The average Bonchev–Trinajstić information content (AvgIpc) is 2.61. The molecule has 2 aromatic rings. The highest BCUT2D eigenvalue weighted by Crippen LogP contribution is 2.20. The van der Waals surface area contributed by atoms with Crippen molar-refractivity contribution >= 4 is 23.3 Å². The summed E-state index contributed by atoms with van der Waals surface area (Å²) in [4.78, 5) is 16.9. The number of aliphatic hydroxyl groups is 1. The van der Waals surface area contributed by atoms with Crippen molar-refractivity contribution in [1.29, 1.82) is 0 Å². The van der Waals surface area contributed by atoms with Gasteiger partial charge in [0.2, 0.25) is 0 Å². The Balaban J connectivity index is 2.08. The van der Waals surface area contributed by atoms with Gasteiger partial charge in [-0.25, -0.2) is 4.79 Å². The fourth-order valence-corrected chi connectivity index (χ4v) is 2.24. The Morgan fingerprint density at radius 1 is 1.21 bits per heavy atom. The SMILES string of the molecule is COC(=O)C(O)c1ccccc1CO/N=C(\C)c1ccc(Cl)cc1. The molecular formula is C18H18ClNO4. The summed E-state index contributed by atoms with van der Waals surface area (Å²) in [6, 6.07) is 14.2. The molecule has 2 rings (SSSR count). The van der Waals surface area contributed by atoms with E-state index in [2.05, 4.69) is 9.89 Å². The van der Waals surface area contributed by atoms with Crippen LogP contribution in [0, 0.1) is 0 Å². The van der Waals surface area contributed by atoms with E-state index in [0.717, 1.165) is 5.56 Å². The Labute approximate surface area is 145 Å². The Bertz CT molecular complexity index is 728. The van der Waals surface area contributed by atoms with Crippen LogP contribution in [0.1, 0.15) is 29.7 Å². The zero-order valence-electron chi connectivity index (χ0n) is 13.4. The third kappa shape index (κ3) is 4.57. The molecule has 2 aromatic carbocycles. The monoisotopic (exact) mass is 347 g/mol. The molecule has 24 heavy (non-hydrogen) atoms. The van der Waals surface area contributed by atoms with Gasteiger partial charge in [0.15, 0.2) is 6.10 Å². The van der Waals surface area contributed by atoms with E-state index in [0.29, 0.717) is 21.9 Å². The highest BCUT2D eigenvalue weighted by atomic mass is 35.5. The number of oxime groups is 1. The first-order valence-electron chi connectivity index (χ1n) is 7.29. The third-order valence-corrected chi connectivity index (χ3v) is 3.71. The zero-order chi connectivity index (χ0) is 17.5. The second kappa shape index (κ2) is 8.47. The van der Waals surface area contributed by atoms with Gasteiger partial charge in [0.25, 0.3) is 0 Å². The first-order valence-corrected chi connectivity index (χ1v) is 7.67. The van der Waals surface area contributed by atoms with E-state index in [1.807, 2.05) is 19.1 Å². The van der Waals surface area contributed by atoms with Gasteiger partial charge in [-0.3, -0.25) is 0 Å². The topological polar surface area (TPSA) is 68.1 Å². The largest absolute Gasteiger partial charge is 0.467 e. The summed E-state index contributed by atoms with van der Waals surface area (Å²) in [7, 11) is 1.23. The number of carbonyl (C=O) groups is 1. The number of hydrogen-bond acceptors (Lipinski definition) is 5. The number of esters is 1. The summed E-state index contributed by atoms with van der Waals surface area (Å²) in [6.45, 7) is 1.94. The fourth-order valence-electron chi connectivity index (χ4n) is 2.11. The molecule has 0 aliphatic heterocycles. The number of rotatable bonds is 6. The highest BCUT2D eigenvalue weighted by Gasteiger charge is 2.20. The van der Waals surface area contributed by atoms with Gasteiger partial charge in [-0.1, -0.05) is 53.2 Å². The molecule has 0 bridgehead atoms. The van der Waals surface area contributed by atoms with Crippen LogP contribution in [0.25, 0.3) is 0 Å². The first kappa shape index (κ1) is 18.0. The lowest BCUT2D eigenvalue weighted by Gasteiger charge is -2.13. The van der Waals surface area contributed by atoms with E-state index in [4.69, 9.17) is 16.4 Å². The molecule has 0 radical (unpaired) electrons. The third-order valence-electron chi connectivity index (χ3n) is 3.46. The smallest absolute Gasteiger partial charge is 0.339 e. The molecule has 0 heterocycles.